The SMILES string of the molecule is O=C(Nc1nccs1)C(c1ncn2c1CCC2)n1cc2c(Cl)cc(-c3ccc(N4CCNCC4)c(Cl)c3)cc2n1. The molecule has 1 saturated heterocycles. The molecule has 12 heteroatoms. The number of aromatic nitrogens is 5. The number of hydrogen-bond donors (Lipinski definition) is 2. The highest BCUT2D eigenvalue weighted by Crippen LogP contribution is 2.36. The summed E-state index contributed by atoms with van der Waals surface area (Å²) in [5.74, 6) is -0.247. The highest BCUT2D eigenvalue weighted by atomic mass is 35.5. The van der Waals surface area contributed by atoms with E-state index in [1.165, 1.54) is 11.3 Å². The van der Waals surface area contributed by atoms with Crippen LogP contribution in [0, 0.1) is 0 Å². The van der Waals surface area contributed by atoms with E-state index in [9.17, 15) is 4.79 Å². The quantitative estimate of drug-likeness (QED) is 0.280. The number of hydrogen-bond acceptors (Lipinski definition) is 7. The van der Waals surface area contributed by atoms with Crippen molar-refractivity contribution in [3.8, 4) is 11.1 Å². The Balaban J connectivity index is 1.26. The normalized spacial score (nSPS) is 15.9. The summed E-state index contributed by atoms with van der Waals surface area (Å²) in [6, 6.07) is 9.25. The summed E-state index contributed by atoms with van der Waals surface area (Å²) in [6.45, 7) is 4.63. The van der Waals surface area contributed by atoms with E-state index in [0.29, 0.717) is 26.4 Å². The predicted octanol–water partition coefficient (Wildman–Crippen LogP) is 5.25. The van der Waals surface area contributed by atoms with E-state index < -0.39 is 6.04 Å². The molecule has 3 aromatic heterocycles. The Morgan fingerprint density at radius 1 is 1.05 bits per heavy atom. The monoisotopic (exact) mass is 592 g/mol. The van der Waals surface area contributed by atoms with Gasteiger partial charge >= 0.3 is 0 Å². The maximum atomic E-state index is 13.6. The van der Waals surface area contributed by atoms with Gasteiger partial charge in [-0.3, -0.25) is 14.8 Å². The number of amides is 1. The molecule has 0 saturated carbocycles. The van der Waals surface area contributed by atoms with Crippen molar-refractivity contribution in [3.05, 3.63) is 75.9 Å². The van der Waals surface area contributed by atoms with E-state index in [4.69, 9.17) is 28.3 Å². The first-order valence-corrected chi connectivity index (χ1v) is 14.9. The van der Waals surface area contributed by atoms with E-state index in [1.807, 2.05) is 36.1 Å². The molecule has 1 unspecified atom stereocenters. The zero-order valence-electron chi connectivity index (χ0n) is 21.5. The summed E-state index contributed by atoms with van der Waals surface area (Å²) in [5.41, 5.74) is 5.34. The van der Waals surface area contributed by atoms with E-state index in [-0.39, 0.29) is 5.91 Å². The Labute approximate surface area is 244 Å². The Bertz CT molecular complexity index is 1710. The number of thiazole rings is 1. The molecular formula is C28H26Cl2N8OS. The molecule has 0 radical (unpaired) electrons. The molecule has 40 heavy (non-hydrogen) atoms. The van der Waals surface area contributed by atoms with Gasteiger partial charge in [0.15, 0.2) is 11.2 Å². The smallest absolute Gasteiger partial charge is 0.257 e. The van der Waals surface area contributed by atoms with Gasteiger partial charge in [-0.15, -0.1) is 11.3 Å². The van der Waals surface area contributed by atoms with Crippen molar-refractivity contribution in [2.24, 2.45) is 0 Å². The minimum absolute atomic E-state index is 0.247. The molecule has 5 heterocycles. The van der Waals surface area contributed by atoms with Gasteiger partial charge in [0.05, 0.1) is 33.3 Å². The van der Waals surface area contributed by atoms with Gasteiger partial charge in [0.25, 0.3) is 5.91 Å². The molecule has 9 nitrogen and oxygen atoms in total. The zero-order chi connectivity index (χ0) is 27.2. The second-order valence-corrected chi connectivity index (χ2v) is 11.7. The summed E-state index contributed by atoms with van der Waals surface area (Å²) < 4.78 is 3.78. The number of imidazole rings is 1. The molecule has 0 aliphatic carbocycles. The number of nitrogens with one attached hydrogen (secondary N) is 2. The fraction of sp³-hybridized carbons (Fsp3) is 0.286. The Morgan fingerprint density at radius 3 is 2.70 bits per heavy atom. The van der Waals surface area contributed by atoms with E-state index >= 15 is 0 Å². The highest BCUT2D eigenvalue weighted by Gasteiger charge is 2.32. The van der Waals surface area contributed by atoms with Crippen molar-refractivity contribution in [2.45, 2.75) is 25.4 Å². The number of anilines is 2. The van der Waals surface area contributed by atoms with Crippen LogP contribution in [0.1, 0.15) is 23.9 Å². The number of piperazine rings is 1. The number of nitrogens with zero attached hydrogens (tertiary/aromatic N) is 6. The minimum Gasteiger partial charge on any atom is -0.368 e. The predicted molar refractivity (Wildman–Crippen MR) is 160 cm³/mol. The standard InChI is InChI=1S/C28H26Cl2N8OS/c29-20-13-18(17-3-4-23(21(30)12-17)36-9-5-31-6-10-36)14-22-19(20)15-38(35-22)26(27(39)34-28-32-7-11-40-28)25-24-2-1-8-37(24)16-33-25/h3-4,7,11-16,26,31H,1-2,5-6,8-10H2,(H,32,34,39). The van der Waals surface area contributed by atoms with Crippen molar-refractivity contribution in [1.82, 2.24) is 29.6 Å². The number of halogens is 2. The summed E-state index contributed by atoms with van der Waals surface area (Å²) >= 11 is 14.9. The van der Waals surface area contributed by atoms with Crippen molar-refractivity contribution >= 4 is 62.2 Å². The molecule has 2 N–H and O–H groups in total. The van der Waals surface area contributed by atoms with Gasteiger partial charge in [0.1, 0.15) is 0 Å². The van der Waals surface area contributed by atoms with Crippen LogP contribution in [0.3, 0.4) is 0 Å². The Kier molecular flexibility index (Phi) is 6.71. The molecule has 0 bridgehead atoms. The minimum atomic E-state index is -0.766. The van der Waals surface area contributed by atoms with Crippen molar-refractivity contribution in [2.75, 3.05) is 36.4 Å². The van der Waals surface area contributed by atoms with Gasteiger partial charge in [-0.1, -0.05) is 29.3 Å². The number of carbonyl (C=O) groups is 1. The molecule has 204 valence electrons. The molecule has 7 rings (SSSR count). The summed E-state index contributed by atoms with van der Waals surface area (Å²) in [4.78, 5) is 24.8. The lowest BCUT2D eigenvalue weighted by Gasteiger charge is -2.30. The molecule has 2 aliphatic heterocycles. The molecule has 2 aromatic carbocycles. The van der Waals surface area contributed by atoms with Crippen LogP contribution in [0.15, 0.2) is 54.4 Å². The van der Waals surface area contributed by atoms with Gasteiger partial charge in [0.2, 0.25) is 0 Å². The van der Waals surface area contributed by atoms with Gasteiger partial charge in [-0.2, -0.15) is 5.10 Å². The maximum absolute atomic E-state index is 13.6. The lowest BCUT2D eigenvalue weighted by molar-refractivity contribution is -0.118. The van der Waals surface area contributed by atoms with Crippen LogP contribution in [0.2, 0.25) is 10.0 Å². The summed E-state index contributed by atoms with van der Waals surface area (Å²) in [6.07, 6.45) is 7.19. The topological polar surface area (TPSA) is 92.9 Å². The van der Waals surface area contributed by atoms with Crippen molar-refractivity contribution in [3.63, 3.8) is 0 Å². The van der Waals surface area contributed by atoms with Crippen LogP contribution < -0.4 is 15.5 Å². The second kappa shape index (κ2) is 10.5. The zero-order valence-corrected chi connectivity index (χ0v) is 23.8. The first-order chi connectivity index (χ1) is 19.5. The van der Waals surface area contributed by atoms with Crippen LogP contribution in [0.4, 0.5) is 10.8 Å². The van der Waals surface area contributed by atoms with Crippen LogP contribution in [-0.4, -0.2) is 56.4 Å². The first kappa shape index (κ1) is 25.5. The van der Waals surface area contributed by atoms with Crippen LogP contribution in [0.25, 0.3) is 22.0 Å². The number of carbonyl (C=O) groups excluding carboxylic acids is 1. The molecular weight excluding hydrogens is 567 g/mol. The van der Waals surface area contributed by atoms with Gasteiger partial charge in [0, 0.05) is 61.6 Å². The summed E-state index contributed by atoms with van der Waals surface area (Å²) in [5, 5.41) is 15.5. The lowest BCUT2D eigenvalue weighted by atomic mass is 10.0. The van der Waals surface area contributed by atoms with E-state index in [2.05, 4.69) is 42.2 Å². The van der Waals surface area contributed by atoms with Crippen molar-refractivity contribution in [1.29, 1.82) is 0 Å². The third-order valence-electron chi connectivity index (χ3n) is 7.56. The highest BCUT2D eigenvalue weighted by molar-refractivity contribution is 7.13. The molecule has 0 spiro atoms. The molecule has 5 aromatic rings. The number of rotatable bonds is 6. The average molecular weight is 594 g/mol. The third-order valence-corrected chi connectivity index (χ3v) is 8.86. The Hall–Kier alpha value is -3.44. The van der Waals surface area contributed by atoms with E-state index in [0.717, 1.165) is 73.5 Å². The Morgan fingerprint density at radius 2 is 1.90 bits per heavy atom. The first-order valence-electron chi connectivity index (χ1n) is 13.2. The van der Waals surface area contributed by atoms with Crippen LogP contribution in [-0.2, 0) is 17.8 Å². The fourth-order valence-corrected chi connectivity index (χ4v) is 6.70. The largest absolute Gasteiger partial charge is 0.368 e. The second-order valence-electron chi connectivity index (χ2n) is 10.0. The average Bonchev–Trinajstić information content (AvgIpc) is 3.76. The lowest BCUT2D eigenvalue weighted by Crippen LogP contribution is -2.43. The van der Waals surface area contributed by atoms with Crippen LogP contribution >= 0.6 is 34.5 Å². The number of benzene rings is 2. The third kappa shape index (κ3) is 4.64. The molecule has 1 amide bonds. The molecule has 1 fully saturated rings. The molecule has 2 aliphatic rings. The van der Waals surface area contributed by atoms with Crippen LogP contribution in [0.5, 0.6) is 0 Å². The van der Waals surface area contributed by atoms with Gasteiger partial charge in [-0.05, 0) is 48.2 Å². The van der Waals surface area contributed by atoms with Gasteiger partial charge < -0.3 is 14.8 Å². The van der Waals surface area contributed by atoms with Gasteiger partial charge in [-0.25, -0.2) is 9.97 Å². The van der Waals surface area contributed by atoms with E-state index in [1.54, 1.807) is 10.9 Å². The fourth-order valence-electron chi connectivity index (χ4n) is 5.61. The number of aryl methyl sites for hydroxylation is 1. The number of fused-ring (bicyclic) bond motifs is 2. The molecule has 1 atom stereocenters. The maximum Gasteiger partial charge on any atom is 0.257 e. The van der Waals surface area contributed by atoms with Crippen molar-refractivity contribution < 1.29 is 4.79 Å². The summed E-state index contributed by atoms with van der Waals surface area (Å²) in [7, 11) is 0.